The van der Waals surface area contributed by atoms with E-state index in [4.69, 9.17) is 5.11 Å². The quantitative estimate of drug-likeness (QED) is 0.527. The number of hydrogen-bond acceptors (Lipinski definition) is 1. The van der Waals surface area contributed by atoms with Crippen LogP contribution in [-0.4, -0.2) is 16.6 Å². The number of carboxylic acids is 1. The molecule has 0 saturated heterocycles. The smallest absolute Gasteiger partial charge is 0.341 e. The van der Waals surface area contributed by atoms with Crippen LogP contribution in [0, 0.1) is 0 Å². The average Bonchev–Trinajstić information content (AvgIpc) is 1.88. The first-order valence-corrected chi connectivity index (χ1v) is 2.86. The van der Waals surface area contributed by atoms with Crippen LogP contribution < -0.4 is 22.7 Å². The molecule has 1 aromatic rings. The number of aromatic carboxylic acids is 1. The Kier molecular flexibility index (Phi) is 6.49. The molecule has 0 aliphatic heterocycles. The van der Waals surface area contributed by atoms with Crippen LogP contribution in [0.1, 0.15) is 10.4 Å². The summed E-state index contributed by atoms with van der Waals surface area (Å²) in [6.45, 7) is 0. The molecule has 0 heterocycles. The second kappa shape index (κ2) is 5.70. The molecule has 5 heteroatoms. The van der Waals surface area contributed by atoms with Crippen molar-refractivity contribution in [1.82, 2.24) is 0 Å². The molecule has 0 aliphatic rings. The van der Waals surface area contributed by atoms with E-state index in [1.165, 1.54) is 6.07 Å². The molecule has 6 N–H and O–H groups in total. The molecule has 1 rings (SSSR count). The minimum absolute atomic E-state index is 0. The molecule has 0 radical (unpaired) electrons. The minimum atomic E-state index is -0.925. The van der Waals surface area contributed by atoms with Gasteiger partial charge in [-0.2, -0.15) is 0 Å². The maximum absolute atomic E-state index is 10.4. The lowest BCUT2D eigenvalue weighted by Crippen LogP contribution is -3.00. The second-order valence-corrected chi connectivity index (χ2v) is 1.96. The van der Waals surface area contributed by atoms with Gasteiger partial charge in [-0.25, -0.2) is 4.79 Å². The molecule has 68 valence electrons. The molecule has 0 bridgehead atoms. The second-order valence-electron chi connectivity index (χ2n) is 1.96. The summed E-state index contributed by atoms with van der Waals surface area (Å²) in [5.74, 6) is -0.925. The van der Waals surface area contributed by atoms with Crippen molar-refractivity contribution in [2.45, 2.75) is 0 Å². The summed E-state index contributed by atoms with van der Waals surface area (Å²) >= 11 is 0. The van der Waals surface area contributed by atoms with Crippen LogP contribution in [0.3, 0.4) is 0 Å². The van der Waals surface area contributed by atoms with Gasteiger partial charge >= 0.3 is 5.97 Å². The van der Waals surface area contributed by atoms with Gasteiger partial charge in [0.15, 0.2) is 0 Å². The third-order valence-corrected chi connectivity index (χ3v) is 1.25. The first kappa shape index (κ1) is 13.7. The highest BCUT2D eigenvalue weighted by molar-refractivity contribution is 5.91. The number of carboxylic acid groups (broad SMARTS) is 1. The Hall–Kier alpha value is -0.910. The number of carbonyl (C=O) groups is 1. The van der Waals surface area contributed by atoms with Gasteiger partial charge in [0, 0.05) is 0 Å². The van der Waals surface area contributed by atoms with E-state index in [-0.39, 0.29) is 28.0 Å². The summed E-state index contributed by atoms with van der Waals surface area (Å²) in [4.78, 5) is 10.4. The number of halogens is 1. The molecule has 0 aromatic heterocycles. The normalized spacial score (nSPS) is 7.75. The van der Waals surface area contributed by atoms with Crippen molar-refractivity contribution >= 4 is 11.7 Å². The highest BCUT2D eigenvalue weighted by Crippen LogP contribution is 2.06. The highest BCUT2D eigenvalue weighted by atomic mass is 79.9. The van der Waals surface area contributed by atoms with Gasteiger partial charge in [-0.05, 0) is 12.1 Å². The summed E-state index contributed by atoms with van der Waals surface area (Å²) in [6.07, 6.45) is 0. The highest BCUT2D eigenvalue weighted by Gasteiger charge is 2.07. The van der Waals surface area contributed by atoms with Crippen LogP contribution >= 0.6 is 0 Å². The molecule has 0 atom stereocenters. The van der Waals surface area contributed by atoms with Crippen LogP contribution in [0.15, 0.2) is 24.3 Å². The van der Waals surface area contributed by atoms with Gasteiger partial charge in [0.05, 0.1) is 0 Å². The SMILES string of the molecule is O.[Br-].[NH3+]c1ccccc1C(=O)O. The zero-order valence-corrected chi connectivity index (χ0v) is 7.84. The van der Waals surface area contributed by atoms with E-state index in [0.717, 1.165) is 0 Å². The van der Waals surface area contributed by atoms with Crippen molar-refractivity contribution in [3.8, 4) is 0 Å². The molecule has 0 amide bonds. The molecule has 0 aliphatic carbocycles. The Balaban J connectivity index is 0. The average molecular weight is 236 g/mol. The van der Waals surface area contributed by atoms with E-state index in [9.17, 15) is 4.79 Å². The Morgan fingerprint density at radius 2 is 1.83 bits per heavy atom. The summed E-state index contributed by atoms with van der Waals surface area (Å²) in [6, 6.07) is 6.64. The van der Waals surface area contributed by atoms with Crippen molar-refractivity contribution < 1.29 is 38.1 Å². The molecular weight excluding hydrogens is 226 g/mol. The van der Waals surface area contributed by atoms with Gasteiger partial charge in [-0.15, -0.1) is 0 Å². The molecule has 12 heavy (non-hydrogen) atoms. The third-order valence-electron chi connectivity index (χ3n) is 1.25. The number of quaternary nitrogens is 1. The van der Waals surface area contributed by atoms with Crippen LogP contribution in [0.5, 0.6) is 0 Å². The molecule has 0 unspecified atom stereocenters. The maximum atomic E-state index is 10.4. The fourth-order valence-corrected chi connectivity index (χ4v) is 0.729. The van der Waals surface area contributed by atoms with Crippen molar-refractivity contribution in [1.29, 1.82) is 0 Å². The first-order chi connectivity index (χ1) is 4.72. The lowest BCUT2D eigenvalue weighted by atomic mass is 10.2. The summed E-state index contributed by atoms with van der Waals surface area (Å²) < 4.78 is 0. The predicted octanol–water partition coefficient (Wildman–Crippen LogP) is -3.56. The van der Waals surface area contributed by atoms with Crippen LogP contribution in [0.25, 0.3) is 0 Å². The predicted molar refractivity (Wildman–Crippen MR) is 39.6 cm³/mol. The molecule has 0 spiro atoms. The van der Waals surface area contributed by atoms with Gasteiger partial charge in [-0.3, -0.25) is 0 Å². The van der Waals surface area contributed by atoms with E-state index in [2.05, 4.69) is 5.73 Å². The molecular formula is C7H10BrNO3. The fourth-order valence-electron chi connectivity index (χ4n) is 0.729. The lowest BCUT2D eigenvalue weighted by Gasteiger charge is -1.92. The first-order valence-electron chi connectivity index (χ1n) is 2.86. The fraction of sp³-hybridized carbons (Fsp3) is 0. The van der Waals surface area contributed by atoms with Gasteiger partial charge in [0.25, 0.3) is 0 Å². The number of hydrogen-bond donors (Lipinski definition) is 2. The Bertz CT molecular complexity index is 265. The summed E-state index contributed by atoms with van der Waals surface area (Å²) in [5, 5.41) is 8.53. The van der Waals surface area contributed by atoms with E-state index >= 15 is 0 Å². The lowest BCUT2D eigenvalue weighted by molar-refractivity contribution is -0.255. The largest absolute Gasteiger partial charge is 1.00 e. The van der Waals surface area contributed by atoms with E-state index in [1.807, 2.05) is 0 Å². The van der Waals surface area contributed by atoms with Crippen molar-refractivity contribution in [3.63, 3.8) is 0 Å². The number of rotatable bonds is 1. The maximum Gasteiger partial charge on any atom is 0.341 e. The molecule has 1 aromatic carbocycles. The third kappa shape index (κ3) is 3.00. The topological polar surface area (TPSA) is 96.4 Å². The standard InChI is InChI=1S/C7H7NO2.BrH.H2O/c8-6-4-2-1-3-5(6)7(9)10;;/h1-4H,8H2,(H,9,10);1H;1H2. The zero-order valence-electron chi connectivity index (χ0n) is 6.25. The minimum Gasteiger partial charge on any atom is -1.00 e. The van der Waals surface area contributed by atoms with Crippen LogP contribution in [-0.2, 0) is 0 Å². The van der Waals surface area contributed by atoms with Crippen LogP contribution in [0.2, 0.25) is 0 Å². The van der Waals surface area contributed by atoms with Gasteiger partial charge < -0.3 is 33.3 Å². The summed E-state index contributed by atoms with van der Waals surface area (Å²) in [7, 11) is 0. The van der Waals surface area contributed by atoms with Gasteiger partial charge in [-0.1, -0.05) is 12.1 Å². The summed E-state index contributed by atoms with van der Waals surface area (Å²) in [5.41, 5.74) is 4.38. The Labute approximate surface area is 80.1 Å². The zero-order chi connectivity index (χ0) is 7.56. The molecule has 0 fully saturated rings. The van der Waals surface area contributed by atoms with Gasteiger partial charge in [0.1, 0.15) is 11.3 Å². The van der Waals surface area contributed by atoms with E-state index < -0.39 is 5.97 Å². The van der Waals surface area contributed by atoms with E-state index in [1.54, 1.807) is 18.2 Å². The molecule has 0 saturated carbocycles. The van der Waals surface area contributed by atoms with Crippen molar-refractivity contribution in [3.05, 3.63) is 29.8 Å². The van der Waals surface area contributed by atoms with Crippen LogP contribution in [0.4, 0.5) is 5.69 Å². The van der Waals surface area contributed by atoms with Gasteiger partial charge in [0.2, 0.25) is 0 Å². The van der Waals surface area contributed by atoms with Crippen molar-refractivity contribution in [2.24, 2.45) is 0 Å². The Morgan fingerprint density at radius 1 is 1.33 bits per heavy atom. The molecule has 4 nitrogen and oxygen atoms in total. The number of benzene rings is 1. The Morgan fingerprint density at radius 3 is 2.17 bits per heavy atom. The van der Waals surface area contributed by atoms with E-state index in [0.29, 0.717) is 5.69 Å². The van der Waals surface area contributed by atoms with Crippen molar-refractivity contribution in [2.75, 3.05) is 0 Å². The monoisotopic (exact) mass is 235 g/mol.